The fourth-order valence-corrected chi connectivity index (χ4v) is 1.87. The maximum atomic E-state index is 12.1. The van der Waals surface area contributed by atoms with E-state index in [2.05, 4.69) is 0 Å². The molecule has 3 nitrogen and oxygen atoms in total. The predicted octanol–water partition coefficient (Wildman–Crippen LogP) is 2.06. The van der Waals surface area contributed by atoms with E-state index in [0.29, 0.717) is 24.9 Å². The molecule has 1 atom stereocenters. The molecule has 1 heterocycles. The molecular weight excluding hydrogens is 192 g/mol. The summed E-state index contributed by atoms with van der Waals surface area (Å²) in [5, 5.41) is 0. The molecule has 0 amide bonds. The fourth-order valence-electron chi connectivity index (χ4n) is 1.87. The van der Waals surface area contributed by atoms with Gasteiger partial charge in [0.2, 0.25) is 5.78 Å². The highest BCUT2D eigenvalue weighted by Gasteiger charge is 2.38. The van der Waals surface area contributed by atoms with Crippen molar-refractivity contribution in [1.29, 1.82) is 0 Å². The lowest BCUT2D eigenvalue weighted by molar-refractivity contribution is -0.131. The van der Waals surface area contributed by atoms with Crippen molar-refractivity contribution < 1.29 is 14.3 Å². The van der Waals surface area contributed by atoms with Crippen molar-refractivity contribution in [1.82, 2.24) is 0 Å². The number of ether oxygens (including phenoxy) is 2. The van der Waals surface area contributed by atoms with Crippen molar-refractivity contribution in [2.45, 2.75) is 38.7 Å². The van der Waals surface area contributed by atoms with E-state index in [1.54, 1.807) is 0 Å². The predicted molar refractivity (Wildman–Crippen MR) is 56.4 cm³/mol. The number of carbonyl (C=O) groups is 1. The van der Waals surface area contributed by atoms with Gasteiger partial charge in [0.05, 0.1) is 6.61 Å². The van der Waals surface area contributed by atoms with Crippen LogP contribution >= 0.6 is 0 Å². The molecule has 1 aliphatic heterocycles. The quantitative estimate of drug-likeness (QED) is 0.696. The molecule has 0 aromatic carbocycles. The standard InChI is InChI=1S/C12H18O3/c1-2-14-12(9-6-7-9)11(13)10-5-3-4-8-15-10/h5,9,12H,2-4,6-8H2,1H3. The van der Waals surface area contributed by atoms with Crippen LogP contribution in [0.25, 0.3) is 0 Å². The summed E-state index contributed by atoms with van der Waals surface area (Å²) >= 11 is 0. The van der Waals surface area contributed by atoms with Crippen LogP contribution in [-0.4, -0.2) is 25.1 Å². The Bertz CT molecular complexity index is 266. The monoisotopic (exact) mass is 210 g/mol. The van der Waals surface area contributed by atoms with Gasteiger partial charge in [-0.25, -0.2) is 0 Å². The minimum Gasteiger partial charge on any atom is -0.490 e. The first-order valence-electron chi connectivity index (χ1n) is 5.81. The Hall–Kier alpha value is -0.830. The zero-order valence-electron chi connectivity index (χ0n) is 9.20. The first-order valence-corrected chi connectivity index (χ1v) is 5.81. The smallest absolute Gasteiger partial charge is 0.225 e. The molecule has 0 radical (unpaired) electrons. The van der Waals surface area contributed by atoms with Crippen LogP contribution in [0.1, 0.15) is 32.6 Å². The van der Waals surface area contributed by atoms with E-state index in [-0.39, 0.29) is 11.9 Å². The van der Waals surface area contributed by atoms with Gasteiger partial charge in [0, 0.05) is 6.61 Å². The molecule has 1 aliphatic carbocycles. The van der Waals surface area contributed by atoms with E-state index < -0.39 is 0 Å². The second-order valence-corrected chi connectivity index (χ2v) is 4.14. The molecule has 0 aromatic rings. The maximum Gasteiger partial charge on any atom is 0.225 e. The van der Waals surface area contributed by atoms with Crippen LogP contribution in [0.5, 0.6) is 0 Å². The zero-order valence-corrected chi connectivity index (χ0v) is 9.20. The third kappa shape index (κ3) is 2.59. The first-order chi connectivity index (χ1) is 7.33. The van der Waals surface area contributed by atoms with Crippen LogP contribution in [0, 0.1) is 5.92 Å². The summed E-state index contributed by atoms with van der Waals surface area (Å²) < 4.78 is 10.9. The molecule has 3 heteroatoms. The van der Waals surface area contributed by atoms with Gasteiger partial charge in [0.25, 0.3) is 0 Å². The molecule has 1 fully saturated rings. The van der Waals surface area contributed by atoms with E-state index in [4.69, 9.17) is 9.47 Å². The summed E-state index contributed by atoms with van der Waals surface area (Å²) in [6, 6.07) is 0. The number of rotatable bonds is 5. The van der Waals surface area contributed by atoms with Gasteiger partial charge >= 0.3 is 0 Å². The highest BCUT2D eigenvalue weighted by atomic mass is 16.5. The number of Topliss-reactive ketones (excluding diaryl/α,β-unsaturated/α-hetero) is 1. The lowest BCUT2D eigenvalue weighted by atomic mass is 10.1. The Labute approximate surface area is 90.4 Å². The minimum absolute atomic E-state index is 0.0547. The molecule has 2 aliphatic rings. The Morgan fingerprint density at radius 1 is 1.67 bits per heavy atom. The van der Waals surface area contributed by atoms with E-state index >= 15 is 0 Å². The third-order valence-corrected chi connectivity index (χ3v) is 2.83. The summed E-state index contributed by atoms with van der Waals surface area (Å²) in [4.78, 5) is 12.1. The Balaban J connectivity index is 1.99. The maximum absolute atomic E-state index is 12.1. The number of hydrogen-bond donors (Lipinski definition) is 0. The number of hydrogen-bond acceptors (Lipinski definition) is 3. The summed E-state index contributed by atoms with van der Waals surface area (Å²) in [5.74, 6) is 1.02. The summed E-state index contributed by atoms with van der Waals surface area (Å²) in [6.45, 7) is 3.19. The average molecular weight is 210 g/mol. The minimum atomic E-state index is -0.251. The average Bonchev–Trinajstić information content (AvgIpc) is 3.10. The summed E-state index contributed by atoms with van der Waals surface area (Å²) in [7, 11) is 0. The van der Waals surface area contributed by atoms with E-state index in [0.717, 1.165) is 25.7 Å². The normalized spacial score (nSPS) is 22.9. The molecule has 2 rings (SSSR count). The SMILES string of the molecule is CCOC(C(=O)C1=CCCCO1)C1CC1. The molecule has 1 saturated carbocycles. The number of ketones is 1. The van der Waals surface area contributed by atoms with Gasteiger partial charge in [0.15, 0.2) is 5.76 Å². The van der Waals surface area contributed by atoms with E-state index in [9.17, 15) is 4.79 Å². The number of carbonyl (C=O) groups excluding carboxylic acids is 1. The van der Waals surface area contributed by atoms with Crippen LogP contribution in [0.2, 0.25) is 0 Å². The molecule has 0 N–H and O–H groups in total. The van der Waals surface area contributed by atoms with Crippen LogP contribution < -0.4 is 0 Å². The Morgan fingerprint density at radius 3 is 3.00 bits per heavy atom. The lowest BCUT2D eigenvalue weighted by Gasteiger charge is -2.19. The van der Waals surface area contributed by atoms with E-state index in [1.807, 2.05) is 13.0 Å². The summed E-state index contributed by atoms with van der Waals surface area (Å²) in [5.41, 5.74) is 0. The summed E-state index contributed by atoms with van der Waals surface area (Å²) in [6.07, 6.45) is 5.84. The number of allylic oxidation sites excluding steroid dienone is 1. The Kier molecular flexibility index (Phi) is 3.41. The van der Waals surface area contributed by atoms with Gasteiger partial charge in [-0.1, -0.05) is 0 Å². The van der Waals surface area contributed by atoms with Crippen molar-refractivity contribution in [2.75, 3.05) is 13.2 Å². The molecule has 0 aromatic heterocycles. The second kappa shape index (κ2) is 4.79. The molecule has 0 saturated heterocycles. The fraction of sp³-hybridized carbons (Fsp3) is 0.750. The molecule has 84 valence electrons. The largest absolute Gasteiger partial charge is 0.490 e. The van der Waals surface area contributed by atoms with Crippen LogP contribution in [0.3, 0.4) is 0 Å². The van der Waals surface area contributed by atoms with Gasteiger partial charge in [-0.05, 0) is 44.6 Å². The van der Waals surface area contributed by atoms with Crippen LogP contribution in [-0.2, 0) is 14.3 Å². The van der Waals surface area contributed by atoms with Gasteiger partial charge < -0.3 is 9.47 Å². The molecule has 1 unspecified atom stereocenters. The Morgan fingerprint density at radius 2 is 2.47 bits per heavy atom. The topological polar surface area (TPSA) is 35.5 Å². The highest BCUT2D eigenvalue weighted by Crippen LogP contribution is 2.36. The molecular formula is C12H18O3. The van der Waals surface area contributed by atoms with Gasteiger partial charge in [-0.15, -0.1) is 0 Å². The van der Waals surface area contributed by atoms with Crippen molar-refractivity contribution in [2.24, 2.45) is 5.92 Å². The highest BCUT2D eigenvalue weighted by molar-refractivity contribution is 5.97. The van der Waals surface area contributed by atoms with Crippen molar-refractivity contribution in [3.63, 3.8) is 0 Å². The van der Waals surface area contributed by atoms with Gasteiger partial charge in [-0.3, -0.25) is 4.79 Å². The van der Waals surface area contributed by atoms with Crippen LogP contribution in [0.4, 0.5) is 0 Å². The lowest BCUT2D eigenvalue weighted by Crippen LogP contribution is -2.29. The first kappa shape index (κ1) is 10.7. The molecule has 0 spiro atoms. The van der Waals surface area contributed by atoms with Crippen molar-refractivity contribution >= 4 is 5.78 Å². The van der Waals surface area contributed by atoms with Crippen molar-refractivity contribution in [3.05, 3.63) is 11.8 Å². The second-order valence-electron chi connectivity index (χ2n) is 4.14. The van der Waals surface area contributed by atoms with Gasteiger partial charge in [-0.2, -0.15) is 0 Å². The van der Waals surface area contributed by atoms with E-state index in [1.165, 1.54) is 0 Å². The van der Waals surface area contributed by atoms with Crippen LogP contribution in [0.15, 0.2) is 11.8 Å². The third-order valence-electron chi connectivity index (χ3n) is 2.83. The zero-order chi connectivity index (χ0) is 10.7. The molecule has 0 bridgehead atoms. The van der Waals surface area contributed by atoms with Crippen molar-refractivity contribution in [3.8, 4) is 0 Å². The molecule has 15 heavy (non-hydrogen) atoms. The van der Waals surface area contributed by atoms with Gasteiger partial charge in [0.1, 0.15) is 6.10 Å².